The summed E-state index contributed by atoms with van der Waals surface area (Å²) < 4.78 is 27.7. The van der Waals surface area contributed by atoms with Gasteiger partial charge in [-0.25, -0.2) is 8.42 Å². The van der Waals surface area contributed by atoms with Gasteiger partial charge in [0.25, 0.3) is 0 Å². The van der Waals surface area contributed by atoms with Gasteiger partial charge in [0.05, 0.1) is 10.6 Å². The minimum Gasteiger partial charge on any atom is -0.360 e. The number of nitrogens with zero attached hydrogens (tertiary/aromatic N) is 3. The Hall–Kier alpha value is -3.69. The van der Waals surface area contributed by atoms with Crippen molar-refractivity contribution in [3.63, 3.8) is 0 Å². The number of aromatic nitrogens is 4. The van der Waals surface area contributed by atoms with E-state index in [1.807, 2.05) is 54.6 Å². The second-order valence-electron chi connectivity index (χ2n) is 7.60. The van der Waals surface area contributed by atoms with Crippen LogP contribution in [0.3, 0.4) is 0 Å². The average molecular weight is 489 g/mol. The summed E-state index contributed by atoms with van der Waals surface area (Å²) in [6.45, 7) is 0. The molecule has 0 unspecified atom stereocenters. The quantitative estimate of drug-likeness (QED) is 0.251. The van der Waals surface area contributed by atoms with Crippen LogP contribution in [0.5, 0.6) is 0 Å². The lowest BCUT2D eigenvalue weighted by Gasteiger charge is -2.10. The fourth-order valence-corrected chi connectivity index (χ4v) is 5.83. The molecule has 9 heteroatoms. The van der Waals surface area contributed by atoms with Crippen molar-refractivity contribution in [1.82, 2.24) is 19.7 Å². The van der Waals surface area contributed by atoms with E-state index in [-0.39, 0.29) is 28.0 Å². The Morgan fingerprint density at radius 2 is 1.56 bits per heavy atom. The molecular formula is C25H20N4O3S2. The number of para-hydroxylation sites is 2. The molecule has 0 bridgehead atoms. The number of sulfone groups is 1. The number of carbonyl (C=O) groups excluding carboxylic acids is 1. The van der Waals surface area contributed by atoms with E-state index in [1.165, 1.54) is 11.8 Å². The highest BCUT2D eigenvalue weighted by atomic mass is 32.2. The van der Waals surface area contributed by atoms with Crippen LogP contribution in [0.1, 0.15) is 16.2 Å². The van der Waals surface area contributed by atoms with Gasteiger partial charge in [-0.3, -0.25) is 9.36 Å². The summed E-state index contributed by atoms with van der Waals surface area (Å²) in [6.07, 6.45) is 1.72. The van der Waals surface area contributed by atoms with Gasteiger partial charge in [-0.1, -0.05) is 66.4 Å². The Bertz CT molecular complexity index is 1560. The predicted octanol–water partition coefficient (Wildman–Crippen LogP) is 4.70. The Kier molecular flexibility index (Phi) is 6.04. The molecule has 170 valence electrons. The summed E-state index contributed by atoms with van der Waals surface area (Å²) in [5.74, 6) is 0.0642. The minimum atomic E-state index is -3.63. The van der Waals surface area contributed by atoms with Gasteiger partial charge in [-0.2, -0.15) is 0 Å². The fraction of sp³-hybridized carbons (Fsp3) is 0.0800. The number of hydrogen-bond donors (Lipinski definition) is 1. The van der Waals surface area contributed by atoms with E-state index in [1.54, 1.807) is 41.1 Å². The monoisotopic (exact) mass is 488 g/mol. The molecular weight excluding hydrogens is 468 g/mol. The van der Waals surface area contributed by atoms with Gasteiger partial charge in [-0.05, 0) is 30.3 Å². The smallest absolute Gasteiger partial charge is 0.196 e. The molecule has 1 N–H and O–H groups in total. The van der Waals surface area contributed by atoms with Crippen LogP contribution < -0.4 is 0 Å². The number of ketones is 1. The Morgan fingerprint density at radius 3 is 2.32 bits per heavy atom. The second-order valence-corrected chi connectivity index (χ2v) is 10.5. The molecule has 0 atom stereocenters. The van der Waals surface area contributed by atoms with Crippen molar-refractivity contribution in [3.8, 4) is 5.69 Å². The first-order chi connectivity index (χ1) is 16.5. The van der Waals surface area contributed by atoms with Crippen molar-refractivity contribution >= 4 is 38.3 Å². The van der Waals surface area contributed by atoms with Crippen molar-refractivity contribution in [2.24, 2.45) is 0 Å². The summed E-state index contributed by atoms with van der Waals surface area (Å²) in [5.41, 5.74) is 2.24. The number of rotatable bonds is 8. The molecule has 2 heterocycles. The summed E-state index contributed by atoms with van der Waals surface area (Å²) in [7, 11) is -3.63. The second kappa shape index (κ2) is 9.28. The lowest BCUT2D eigenvalue weighted by atomic mass is 10.1. The number of carbonyl (C=O) groups is 1. The van der Waals surface area contributed by atoms with E-state index < -0.39 is 9.84 Å². The van der Waals surface area contributed by atoms with Crippen LogP contribution in [0.2, 0.25) is 0 Å². The third kappa shape index (κ3) is 4.40. The summed E-state index contributed by atoms with van der Waals surface area (Å²) >= 11 is 1.23. The molecule has 34 heavy (non-hydrogen) atoms. The first-order valence-corrected chi connectivity index (χ1v) is 13.2. The molecule has 3 aromatic carbocycles. The van der Waals surface area contributed by atoms with Gasteiger partial charge in [0.15, 0.2) is 26.6 Å². The van der Waals surface area contributed by atoms with Crippen LogP contribution in [0, 0.1) is 0 Å². The highest BCUT2D eigenvalue weighted by Gasteiger charge is 2.23. The lowest BCUT2D eigenvalue weighted by Crippen LogP contribution is -2.11. The van der Waals surface area contributed by atoms with Gasteiger partial charge in [0, 0.05) is 28.4 Å². The first-order valence-electron chi connectivity index (χ1n) is 10.5. The van der Waals surface area contributed by atoms with E-state index >= 15 is 0 Å². The lowest BCUT2D eigenvalue weighted by molar-refractivity contribution is 0.102. The molecule has 0 saturated carbocycles. The number of H-pyrrole nitrogens is 1. The van der Waals surface area contributed by atoms with Crippen LogP contribution in [0.15, 0.2) is 101 Å². The largest absolute Gasteiger partial charge is 0.360 e. The SMILES string of the molecule is O=C(CSc1nnc(CS(=O)(=O)c2ccccc2)n1-c1ccccc1)c1c[nH]c2ccccc12. The van der Waals surface area contributed by atoms with Crippen molar-refractivity contribution < 1.29 is 13.2 Å². The van der Waals surface area contributed by atoms with E-state index in [4.69, 9.17) is 0 Å². The predicted molar refractivity (Wildman–Crippen MR) is 132 cm³/mol. The third-order valence-electron chi connectivity index (χ3n) is 5.36. The zero-order chi connectivity index (χ0) is 23.5. The number of Topliss-reactive ketones (excluding diaryl/α,β-unsaturated/α-hetero) is 1. The average Bonchev–Trinajstić information content (AvgIpc) is 3.47. The maximum Gasteiger partial charge on any atom is 0.196 e. The normalized spacial score (nSPS) is 11.6. The van der Waals surface area contributed by atoms with Crippen LogP contribution in [-0.4, -0.2) is 39.7 Å². The molecule has 2 aromatic heterocycles. The number of benzene rings is 3. The highest BCUT2D eigenvalue weighted by Crippen LogP contribution is 2.26. The topological polar surface area (TPSA) is 97.7 Å². The van der Waals surface area contributed by atoms with E-state index in [9.17, 15) is 13.2 Å². The number of nitrogens with one attached hydrogen (secondary N) is 1. The van der Waals surface area contributed by atoms with Crippen LogP contribution in [-0.2, 0) is 15.6 Å². The van der Waals surface area contributed by atoms with Crippen molar-refractivity contribution in [1.29, 1.82) is 0 Å². The highest BCUT2D eigenvalue weighted by molar-refractivity contribution is 7.99. The Labute approximate surface area is 200 Å². The number of aromatic amines is 1. The number of fused-ring (bicyclic) bond motifs is 1. The molecule has 0 saturated heterocycles. The van der Waals surface area contributed by atoms with Crippen molar-refractivity contribution in [2.75, 3.05) is 5.75 Å². The maximum atomic E-state index is 13.0. The number of hydrogen-bond acceptors (Lipinski definition) is 6. The van der Waals surface area contributed by atoms with Crippen LogP contribution in [0.25, 0.3) is 16.6 Å². The van der Waals surface area contributed by atoms with Gasteiger partial charge >= 0.3 is 0 Å². The fourth-order valence-electron chi connectivity index (χ4n) is 3.71. The van der Waals surface area contributed by atoms with E-state index in [2.05, 4.69) is 15.2 Å². The van der Waals surface area contributed by atoms with Crippen molar-refractivity contribution in [3.05, 3.63) is 103 Å². The van der Waals surface area contributed by atoms with E-state index in [0.29, 0.717) is 10.7 Å². The summed E-state index contributed by atoms with van der Waals surface area (Å²) in [5, 5.41) is 9.75. The summed E-state index contributed by atoms with van der Waals surface area (Å²) in [4.78, 5) is 16.3. The van der Waals surface area contributed by atoms with Crippen LogP contribution in [0.4, 0.5) is 0 Å². The Balaban J connectivity index is 1.45. The number of thioether (sulfide) groups is 1. The molecule has 0 aliphatic heterocycles. The molecule has 0 aliphatic rings. The summed E-state index contributed by atoms with van der Waals surface area (Å²) in [6, 6.07) is 25.2. The van der Waals surface area contributed by atoms with Gasteiger partial charge in [0.2, 0.25) is 0 Å². The third-order valence-corrected chi connectivity index (χ3v) is 7.92. The molecule has 0 spiro atoms. The molecule has 0 radical (unpaired) electrons. The molecule has 0 fully saturated rings. The van der Waals surface area contributed by atoms with Crippen LogP contribution >= 0.6 is 11.8 Å². The van der Waals surface area contributed by atoms with E-state index in [0.717, 1.165) is 16.6 Å². The maximum absolute atomic E-state index is 13.0. The minimum absolute atomic E-state index is 0.0523. The zero-order valence-corrected chi connectivity index (χ0v) is 19.6. The Morgan fingerprint density at radius 1 is 0.882 bits per heavy atom. The first kappa shape index (κ1) is 22.1. The molecule has 0 aliphatic carbocycles. The van der Waals surface area contributed by atoms with Gasteiger partial charge in [-0.15, -0.1) is 10.2 Å². The van der Waals surface area contributed by atoms with Gasteiger partial charge < -0.3 is 4.98 Å². The molecule has 7 nitrogen and oxygen atoms in total. The van der Waals surface area contributed by atoms with Crippen molar-refractivity contribution in [2.45, 2.75) is 15.8 Å². The zero-order valence-electron chi connectivity index (χ0n) is 18.0. The molecule has 0 amide bonds. The van der Waals surface area contributed by atoms with Gasteiger partial charge in [0.1, 0.15) is 5.75 Å². The molecule has 5 rings (SSSR count). The standard InChI is InChI=1S/C25H20N4O3S2/c30-23(21-15-26-22-14-8-7-13-20(21)22)16-33-25-28-27-24(29(25)18-9-3-1-4-10-18)17-34(31,32)19-11-5-2-6-12-19/h1-15,26H,16-17H2. The molecule has 5 aromatic rings.